The number of aldehydes is 1. The van der Waals surface area contributed by atoms with E-state index >= 15 is 0 Å². The molecule has 0 amide bonds. The Hall–Kier alpha value is -1.36. The highest BCUT2D eigenvalue weighted by molar-refractivity contribution is 5.64. The molecule has 1 atom stereocenters. The Bertz CT molecular complexity index is 362. The SMILES string of the molecule is CC[C@](C=O)(OCc1ccccc1)C(F)(F)F. The van der Waals surface area contributed by atoms with Gasteiger partial charge in [-0.1, -0.05) is 37.3 Å². The predicted molar refractivity (Wildman–Crippen MR) is 56.4 cm³/mol. The summed E-state index contributed by atoms with van der Waals surface area (Å²) in [7, 11) is 0. The number of hydrogen-bond donors (Lipinski definition) is 0. The lowest BCUT2D eigenvalue weighted by atomic mass is 10.0. The van der Waals surface area contributed by atoms with Gasteiger partial charge in [0.1, 0.15) is 0 Å². The van der Waals surface area contributed by atoms with Crippen LogP contribution in [0, 0.1) is 0 Å². The van der Waals surface area contributed by atoms with Gasteiger partial charge in [0.2, 0.25) is 5.60 Å². The summed E-state index contributed by atoms with van der Waals surface area (Å²) < 4.78 is 43.0. The normalized spacial score (nSPS) is 15.3. The van der Waals surface area contributed by atoms with Crippen molar-refractivity contribution in [1.82, 2.24) is 0 Å². The molecule has 0 saturated heterocycles. The molecule has 0 saturated carbocycles. The van der Waals surface area contributed by atoms with Gasteiger partial charge in [0.15, 0.2) is 6.29 Å². The second-order valence-corrected chi connectivity index (χ2v) is 3.63. The largest absolute Gasteiger partial charge is 0.424 e. The van der Waals surface area contributed by atoms with Crippen molar-refractivity contribution in [3.8, 4) is 0 Å². The van der Waals surface area contributed by atoms with Gasteiger partial charge in [0.25, 0.3) is 0 Å². The highest BCUT2D eigenvalue weighted by Crippen LogP contribution is 2.35. The zero-order valence-electron chi connectivity index (χ0n) is 9.33. The molecule has 0 aliphatic heterocycles. The van der Waals surface area contributed by atoms with Gasteiger partial charge in [-0.25, -0.2) is 0 Å². The van der Waals surface area contributed by atoms with Crippen molar-refractivity contribution in [3.63, 3.8) is 0 Å². The predicted octanol–water partition coefficient (Wildman–Crippen LogP) is 3.11. The van der Waals surface area contributed by atoms with Gasteiger partial charge in [-0.2, -0.15) is 13.2 Å². The van der Waals surface area contributed by atoms with Gasteiger partial charge in [-0.3, -0.25) is 4.79 Å². The first kappa shape index (κ1) is 13.7. The molecule has 94 valence electrons. The highest BCUT2D eigenvalue weighted by atomic mass is 19.4. The first-order valence-electron chi connectivity index (χ1n) is 5.16. The van der Waals surface area contributed by atoms with Crippen LogP contribution >= 0.6 is 0 Å². The summed E-state index contributed by atoms with van der Waals surface area (Å²) in [5, 5.41) is 0. The number of rotatable bonds is 5. The average molecular weight is 246 g/mol. The molecule has 1 aromatic rings. The van der Waals surface area contributed by atoms with E-state index in [-0.39, 0.29) is 12.9 Å². The van der Waals surface area contributed by atoms with Crippen LogP contribution in [0.5, 0.6) is 0 Å². The Labute approximate surface area is 97.4 Å². The minimum atomic E-state index is -4.70. The van der Waals surface area contributed by atoms with Crippen LogP contribution < -0.4 is 0 Å². The van der Waals surface area contributed by atoms with E-state index in [0.717, 1.165) is 0 Å². The molecule has 5 heteroatoms. The molecule has 0 radical (unpaired) electrons. The van der Waals surface area contributed by atoms with Crippen LogP contribution in [0.25, 0.3) is 0 Å². The molecule has 0 N–H and O–H groups in total. The summed E-state index contributed by atoms with van der Waals surface area (Å²) in [5.74, 6) is 0. The minimum Gasteiger partial charge on any atom is -0.354 e. The summed E-state index contributed by atoms with van der Waals surface area (Å²) >= 11 is 0. The third-order valence-corrected chi connectivity index (χ3v) is 2.53. The Morgan fingerprint density at radius 1 is 1.24 bits per heavy atom. The van der Waals surface area contributed by atoms with E-state index in [4.69, 9.17) is 4.74 Å². The summed E-state index contributed by atoms with van der Waals surface area (Å²) in [6.45, 7) is 1.03. The maximum Gasteiger partial charge on any atom is 0.424 e. The fourth-order valence-corrected chi connectivity index (χ4v) is 1.35. The molecule has 0 aromatic heterocycles. The summed E-state index contributed by atoms with van der Waals surface area (Å²) in [5.41, 5.74) is -2.11. The molecule has 0 spiro atoms. The van der Waals surface area contributed by atoms with E-state index in [0.29, 0.717) is 5.56 Å². The molecule has 1 aromatic carbocycles. The van der Waals surface area contributed by atoms with Crippen molar-refractivity contribution in [1.29, 1.82) is 0 Å². The Morgan fingerprint density at radius 2 is 1.82 bits per heavy atom. The van der Waals surface area contributed by atoms with Crippen molar-refractivity contribution < 1.29 is 22.7 Å². The molecule has 0 aliphatic carbocycles. The third-order valence-electron chi connectivity index (χ3n) is 2.53. The van der Waals surface area contributed by atoms with E-state index in [1.807, 2.05) is 0 Å². The van der Waals surface area contributed by atoms with Crippen LogP contribution in [0.4, 0.5) is 13.2 Å². The monoisotopic (exact) mass is 246 g/mol. The molecule has 0 aliphatic rings. The van der Waals surface area contributed by atoms with Crippen molar-refractivity contribution in [2.75, 3.05) is 0 Å². The summed E-state index contributed by atoms with van der Waals surface area (Å²) in [4.78, 5) is 10.7. The maximum absolute atomic E-state index is 12.7. The summed E-state index contributed by atoms with van der Waals surface area (Å²) in [6, 6.07) is 8.42. The average Bonchev–Trinajstić information content (AvgIpc) is 2.30. The van der Waals surface area contributed by atoms with Gasteiger partial charge in [-0.15, -0.1) is 0 Å². The van der Waals surface area contributed by atoms with Crippen LogP contribution in [0.3, 0.4) is 0 Å². The fraction of sp³-hybridized carbons (Fsp3) is 0.417. The number of alkyl halides is 3. The number of halogens is 3. The fourth-order valence-electron chi connectivity index (χ4n) is 1.35. The van der Waals surface area contributed by atoms with Crippen molar-refractivity contribution >= 4 is 6.29 Å². The molecular weight excluding hydrogens is 233 g/mol. The van der Waals surface area contributed by atoms with Crippen molar-refractivity contribution in [3.05, 3.63) is 35.9 Å². The first-order valence-corrected chi connectivity index (χ1v) is 5.16. The molecule has 0 heterocycles. The van der Waals surface area contributed by atoms with E-state index in [2.05, 4.69) is 0 Å². The Kier molecular flexibility index (Phi) is 4.28. The van der Waals surface area contributed by atoms with Crippen LogP contribution in [0.2, 0.25) is 0 Å². The van der Waals surface area contributed by atoms with Gasteiger partial charge in [0.05, 0.1) is 6.61 Å². The quantitative estimate of drug-likeness (QED) is 0.746. The highest BCUT2D eigenvalue weighted by Gasteiger charge is 2.55. The van der Waals surface area contributed by atoms with Crippen molar-refractivity contribution in [2.45, 2.75) is 31.7 Å². The lowest BCUT2D eigenvalue weighted by Crippen LogP contribution is -2.48. The topological polar surface area (TPSA) is 26.3 Å². The Morgan fingerprint density at radius 3 is 2.24 bits per heavy atom. The number of ether oxygens (including phenoxy) is 1. The van der Waals surface area contributed by atoms with E-state index in [1.165, 1.54) is 6.92 Å². The zero-order valence-corrected chi connectivity index (χ0v) is 9.33. The van der Waals surface area contributed by atoms with E-state index < -0.39 is 18.2 Å². The number of benzene rings is 1. The van der Waals surface area contributed by atoms with Crippen LogP contribution in [-0.2, 0) is 16.1 Å². The first-order chi connectivity index (χ1) is 7.95. The molecule has 17 heavy (non-hydrogen) atoms. The molecule has 0 fully saturated rings. The van der Waals surface area contributed by atoms with Crippen molar-refractivity contribution in [2.24, 2.45) is 0 Å². The van der Waals surface area contributed by atoms with E-state index in [9.17, 15) is 18.0 Å². The summed E-state index contributed by atoms with van der Waals surface area (Å²) in [6.07, 6.45) is -5.30. The van der Waals surface area contributed by atoms with Gasteiger partial charge < -0.3 is 4.74 Å². The zero-order chi connectivity index (χ0) is 12.9. The number of carbonyl (C=O) groups excluding carboxylic acids is 1. The Balaban J connectivity index is 2.79. The molecule has 0 unspecified atom stereocenters. The second-order valence-electron chi connectivity index (χ2n) is 3.63. The standard InChI is InChI=1S/C12H13F3O2/c1-2-11(9-16,12(13,14)15)17-8-10-6-4-3-5-7-10/h3-7,9H,2,8H2,1H3/t11-/m1/s1. The molecule has 0 bridgehead atoms. The third kappa shape index (κ3) is 3.06. The molecule has 1 rings (SSSR count). The van der Waals surface area contributed by atoms with Crippen LogP contribution in [0.1, 0.15) is 18.9 Å². The lowest BCUT2D eigenvalue weighted by molar-refractivity contribution is -0.265. The molecule has 2 nitrogen and oxygen atoms in total. The molecular formula is C12H13F3O2. The van der Waals surface area contributed by atoms with Crippen LogP contribution in [-0.4, -0.2) is 18.1 Å². The van der Waals surface area contributed by atoms with Gasteiger partial charge >= 0.3 is 6.18 Å². The second kappa shape index (κ2) is 5.31. The van der Waals surface area contributed by atoms with E-state index in [1.54, 1.807) is 30.3 Å². The smallest absolute Gasteiger partial charge is 0.354 e. The number of carbonyl (C=O) groups is 1. The minimum absolute atomic E-state index is 0.171. The van der Waals surface area contributed by atoms with Crippen LogP contribution in [0.15, 0.2) is 30.3 Å². The van der Waals surface area contributed by atoms with Gasteiger partial charge in [-0.05, 0) is 12.0 Å². The lowest BCUT2D eigenvalue weighted by Gasteiger charge is -2.29. The number of hydrogen-bond acceptors (Lipinski definition) is 2. The maximum atomic E-state index is 12.7. The van der Waals surface area contributed by atoms with Gasteiger partial charge in [0, 0.05) is 0 Å².